The molecule has 0 atom stereocenters. The largest absolute Gasteiger partial charge is 0.368 e. The standard InChI is InChI=1S/C31H33ClN6OS/c1-2-3-14-37(22-28-20-34-23-38(28)21-25-6-4-24(19-33)5-7-25)27-10-8-26(9-11-27)35-15-17-36(18-16-35)31(39)29-12-13-30(32)40-29/h4-13,20,23H,2-3,14-18,21-22H2,1H3. The van der Waals surface area contributed by atoms with E-state index in [-0.39, 0.29) is 5.91 Å². The Kier molecular flexibility index (Phi) is 9.04. The lowest BCUT2D eigenvalue weighted by atomic mass is 10.1. The molecule has 206 valence electrons. The first kappa shape index (κ1) is 27.8. The fourth-order valence-electron chi connectivity index (χ4n) is 4.97. The quantitative estimate of drug-likeness (QED) is 0.223. The number of anilines is 2. The number of nitriles is 1. The fourth-order valence-corrected chi connectivity index (χ4v) is 5.99. The van der Waals surface area contributed by atoms with Gasteiger partial charge in [0.2, 0.25) is 0 Å². The van der Waals surface area contributed by atoms with Gasteiger partial charge in [-0.15, -0.1) is 11.3 Å². The van der Waals surface area contributed by atoms with Crippen molar-refractivity contribution in [2.75, 3.05) is 42.5 Å². The molecule has 1 aliphatic rings. The minimum absolute atomic E-state index is 0.0666. The predicted octanol–water partition coefficient (Wildman–Crippen LogP) is 6.29. The summed E-state index contributed by atoms with van der Waals surface area (Å²) in [6.07, 6.45) is 6.06. The highest BCUT2D eigenvalue weighted by molar-refractivity contribution is 7.17. The number of imidazole rings is 1. The van der Waals surface area contributed by atoms with Crippen molar-refractivity contribution in [1.82, 2.24) is 14.5 Å². The molecule has 4 aromatic rings. The zero-order valence-electron chi connectivity index (χ0n) is 22.7. The van der Waals surface area contributed by atoms with E-state index in [0.717, 1.165) is 56.8 Å². The van der Waals surface area contributed by atoms with Crippen molar-refractivity contribution in [1.29, 1.82) is 5.26 Å². The third-order valence-electron chi connectivity index (χ3n) is 7.30. The van der Waals surface area contributed by atoms with E-state index in [0.29, 0.717) is 27.9 Å². The first-order valence-corrected chi connectivity index (χ1v) is 14.9. The maximum atomic E-state index is 12.8. The van der Waals surface area contributed by atoms with E-state index in [1.807, 2.05) is 47.8 Å². The molecule has 2 aromatic heterocycles. The van der Waals surface area contributed by atoms with Gasteiger partial charge in [-0.2, -0.15) is 5.26 Å². The molecule has 0 radical (unpaired) electrons. The highest BCUT2D eigenvalue weighted by Crippen LogP contribution is 2.26. The Morgan fingerprint density at radius 3 is 2.45 bits per heavy atom. The summed E-state index contributed by atoms with van der Waals surface area (Å²) in [5.74, 6) is 0.0666. The summed E-state index contributed by atoms with van der Waals surface area (Å²) in [7, 11) is 0. The highest BCUT2D eigenvalue weighted by Gasteiger charge is 2.23. The molecular formula is C31H33ClN6OS. The topological polar surface area (TPSA) is 68.4 Å². The van der Waals surface area contributed by atoms with Gasteiger partial charge in [-0.1, -0.05) is 37.1 Å². The molecule has 1 saturated heterocycles. The predicted molar refractivity (Wildman–Crippen MR) is 162 cm³/mol. The summed E-state index contributed by atoms with van der Waals surface area (Å²) >= 11 is 7.36. The molecule has 0 bridgehead atoms. The fraction of sp³-hybridized carbons (Fsp3) is 0.323. The summed E-state index contributed by atoms with van der Waals surface area (Å²) in [5, 5.41) is 9.08. The van der Waals surface area contributed by atoms with Gasteiger partial charge in [0.25, 0.3) is 5.91 Å². The second kappa shape index (κ2) is 13.0. The number of thiophene rings is 1. The first-order valence-electron chi connectivity index (χ1n) is 13.7. The van der Waals surface area contributed by atoms with Crippen LogP contribution in [0.15, 0.2) is 73.2 Å². The number of carbonyl (C=O) groups excluding carboxylic acids is 1. The molecule has 0 aliphatic carbocycles. The van der Waals surface area contributed by atoms with Crippen LogP contribution in [0.2, 0.25) is 4.34 Å². The van der Waals surface area contributed by atoms with E-state index in [2.05, 4.69) is 56.6 Å². The van der Waals surface area contributed by atoms with Crippen LogP contribution in [-0.4, -0.2) is 53.1 Å². The Balaban J connectivity index is 1.23. The third-order valence-corrected chi connectivity index (χ3v) is 8.52. The van der Waals surface area contributed by atoms with Gasteiger partial charge in [0.05, 0.1) is 39.4 Å². The van der Waals surface area contributed by atoms with E-state index < -0.39 is 0 Å². The van der Waals surface area contributed by atoms with Crippen LogP contribution in [0.4, 0.5) is 11.4 Å². The van der Waals surface area contributed by atoms with Gasteiger partial charge in [-0.25, -0.2) is 4.98 Å². The van der Waals surface area contributed by atoms with Gasteiger partial charge in [-0.3, -0.25) is 4.79 Å². The van der Waals surface area contributed by atoms with Crippen LogP contribution in [0.25, 0.3) is 0 Å². The Bertz CT molecular complexity index is 1450. The lowest BCUT2D eigenvalue weighted by Gasteiger charge is -2.36. The molecule has 0 unspecified atom stereocenters. The van der Waals surface area contributed by atoms with E-state index in [1.54, 1.807) is 6.07 Å². The zero-order chi connectivity index (χ0) is 27.9. The number of aromatic nitrogens is 2. The van der Waals surface area contributed by atoms with Crippen LogP contribution in [0.3, 0.4) is 0 Å². The molecule has 0 N–H and O–H groups in total. The van der Waals surface area contributed by atoms with Crippen molar-refractivity contribution >= 4 is 40.2 Å². The number of amides is 1. The van der Waals surface area contributed by atoms with Crippen molar-refractivity contribution in [2.24, 2.45) is 0 Å². The number of benzene rings is 2. The number of nitrogens with zero attached hydrogens (tertiary/aromatic N) is 6. The molecule has 7 nitrogen and oxygen atoms in total. The normalized spacial score (nSPS) is 13.3. The van der Waals surface area contributed by atoms with Crippen molar-refractivity contribution in [3.8, 4) is 6.07 Å². The van der Waals surface area contributed by atoms with Crippen molar-refractivity contribution < 1.29 is 4.79 Å². The first-order chi connectivity index (χ1) is 19.5. The second-order valence-corrected chi connectivity index (χ2v) is 11.7. The molecule has 3 heterocycles. The summed E-state index contributed by atoms with van der Waals surface area (Å²) < 4.78 is 2.82. The number of hydrogen-bond donors (Lipinski definition) is 0. The van der Waals surface area contributed by atoms with Gasteiger partial charge in [0.1, 0.15) is 0 Å². The zero-order valence-corrected chi connectivity index (χ0v) is 24.2. The Morgan fingerprint density at radius 2 is 1.80 bits per heavy atom. The number of rotatable bonds is 10. The van der Waals surface area contributed by atoms with Crippen LogP contribution in [0, 0.1) is 11.3 Å². The van der Waals surface area contributed by atoms with Gasteiger partial charge in [0, 0.05) is 56.8 Å². The monoisotopic (exact) mass is 572 g/mol. The van der Waals surface area contributed by atoms with E-state index in [1.165, 1.54) is 22.7 Å². The molecule has 0 saturated carbocycles. The molecule has 1 amide bonds. The Labute approximate surface area is 244 Å². The molecule has 1 fully saturated rings. The van der Waals surface area contributed by atoms with E-state index in [4.69, 9.17) is 16.9 Å². The number of halogens is 1. The second-order valence-electron chi connectivity index (χ2n) is 10.00. The average Bonchev–Trinajstić information content (AvgIpc) is 3.63. The summed E-state index contributed by atoms with van der Waals surface area (Å²) in [5.41, 5.74) is 5.33. The van der Waals surface area contributed by atoms with Gasteiger partial charge < -0.3 is 19.3 Å². The summed E-state index contributed by atoms with van der Waals surface area (Å²) in [6, 6.07) is 22.3. The average molecular weight is 573 g/mol. The van der Waals surface area contributed by atoms with Crippen molar-refractivity contribution in [3.05, 3.63) is 99.2 Å². The number of carbonyl (C=O) groups is 1. The van der Waals surface area contributed by atoms with Crippen LogP contribution >= 0.6 is 22.9 Å². The minimum atomic E-state index is 0.0666. The molecular weight excluding hydrogens is 540 g/mol. The highest BCUT2D eigenvalue weighted by atomic mass is 35.5. The van der Waals surface area contributed by atoms with Crippen LogP contribution in [0.5, 0.6) is 0 Å². The third kappa shape index (κ3) is 6.67. The molecule has 1 aliphatic heterocycles. The maximum Gasteiger partial charge on any atom is 0.264 e. The molecule has 2 aromatic carbocycles. The smallest absolute Gasteiger partial charge is 0.264 e. The molecule has 5 rings (SSSR count). The lowest BCUT2D eigenvalue weighted by Crippen LogP contribution is -2.48. The van der Waals surface area contributed by atoms with Crippen LogP contribution in [0.1, 0.15) is 46.3 Å². The van der Waals surface area contributed by atoms with Crippen LogP contribution < -0.4 is 9.80 Å². The van der Waals surface area contributed by atoms with Gasteiger partial charge in [0.15, 0.2) is 0 Å². The summed E-state index contributed by atoms with van der Waals surface area (Å²) in [6.45, 7) is 7.67. The molecule has 0 spiro atoms. The van der Waals surface area contributed by atoms with Crippen LogP contribution in [-0.2, 0) is 13.1 Å². The summed E-state index contributed by atoms with van der Waals surface area (Å²) in [4.78, 5) is 24.6. The van der Waals surface area contributed by atoms with Gasteiger partial charge in [-0.05, 0) is 60.5 Å². The Hall–Kier alpha value is -3.80. The van der Waals surface area contributed by atoms with E-state index >= 15 is 0 Å². The SMILES string of the molecule is CCCCN(Cc1cncn1Cc1ccc(C#N)cc1)c1ccc(N2CCN(C(=O)c3ccc(Cl)s3)CC2)cc1. The van der Waals surface area contributed by atoms with Crippen molar-refractivity contribution in [3.63, 3.8) is 0 Å². The number of piperazine rings is 1. The number of hydrogen-bond acceptors (Lipinski definition) is 6. The Morgan fingerprint density at radius 1 is 1.05 bits per heavy atom. The lowest BCUT2D eigenvalue weighted by molar-refractivity contribution is 0.0751. The number of unbranched alkanes of at least 4 members (excludes halogenated alkanes) is 1. The van der Waals surface area contributed by atoms with E-state index in [9.17, 15) is 4.79 Å². The minimum Gasteiger partial charge on any atom is -0.368 e. The molecule has 40 heavy (non-hydrogen) atoms. The van der Waals surface area contributed by atoms with Crippen molar-refractivity contribution in [2.45, 2.75) is 32.9 Å². The van der Waals surface area contributed by atoms with Gasteiger partial charge >= 0.3 is 0 Å². The maximum absolute atomic E-state index is 12.8. The molecule has 9 heteroatoms.